The Morgan fingerprint density at radius 3 is 2.50 bits per heavy atom. The molecule has 1 amide bonds. The van der Waals surface area contributed by atoms with Gasteiger partial charge in [0, 0.05) is 11.8 Å². The van der Waals surface area contributed by atoms with E-state index < -0.39 is 5.41 Å². The lowest BCUT2D eigenvalue weighted by molar-refractivity contribution is -0.127. The molecule has 0 aliphatic carbocycles. The van der Waals surface area contributed by atoms with Crippen LogP contribution in [0.1, 0.15) is 34.1 Å². The lowest BCUT2D eigenvalue weighted by Gasteiger charge is -2.27. The van der Waals surface area contributed by atoms with E-state index >= 15 is 0 Å². The van der Waals surface area contributed by atoms with Gasteiger partial charge < -0.3 is 11.1 Å². The summed E-state index contributed by atoms with van der Waals surface area (Å²) in [5, 5.41) is 2.96. The van der Waals surface area contributed by atoms with Crippen LogP contribution in [0.5, 0.6) is 0 Å². The van der Waals surface area contributed by atoms with Crippen molar-refractivity contribution in [3.63, 3.8) is 0 Å². The van der Waals surface area contributed by atoms with Gasteiger partial charge in [-0.1, -0.05) is 26.1 Å². The van der Waals surface area contributed by atoms with Gasteiger partial charge in [0.15, 0.2) is 0 Å². The maximum atomic E-state index is 12.0. The van der Waals surface area contributed by atoms with Crippen LogP contribution in [0, 0.1) is 5.41 Å². The second-order valence-electron chi connectivity index (χ2n) is 4.08. The minimum Gasteiger partial charge on any atom is -0.392 e. The summed E-state index contributed by atoms with van der Waals surface area (Å²) in [6.45, 7) is 7.81. The molecule has 2 atom stereocenters. The summed E-state index contributed by atoms with van der Waals surface area (Å²) in [7, 11) is 0. The quantitative estimate of drug-likeness (QED) is 0.689. The van der Waals surface area contributed by atoms with Gasteiger partial charge in [0.2, 0.25) is 5.91 Å². The first-order valence-electron chi connectivity index (χ1n) is 5.57. The number of carbonyl (C=O) groups is 1. The third kappa shape index (κ3) is 4.29. The summed E-state index contributed by atoms with van der Waals surface area (Å²) >= 11 is 6.76. The third-order valence-electron chi connectivity index (χ3n) is 2.70. The third-order valence-corrected chi connectivity index (χ3v) is 4.30. The molecule has 3 N–H and O–H groups in total. The number of carbonyl (C=O) groups excluding carboxylic acids is 1. The van der Waals surface area contributed by atoms with Gasteiger partial charge in [0.1, 0.15) is 0 Å². The van der Waals surface area contributed by atoms with Gasteiger partial charge in [-0.25, -0.2) is 0 Å². The summed E-state index contributed by atoms with van der Waals surface area (Å²) in [5.74, 6) is 1.91. The van der Waals surface area contributed by atoms with Crippen LogP contribution in [0.2, 0.25) is 0 Å². The van der Waals surface area contributed by atoms with Gasteiger partial charge in [-0.3, -0.25) is 4.79 Å². The molecule has 0 spiro atoms. The minimum absolute atomic E-state index is 0.0632. The number of thiocarbonyl (C=S) groups is 1. The molecule has 0 saturated heterocycles. The molecule has 0 fully saturated rings. The standard InChI is InChI=1S/C11H22N2OS2/c1-5-11(4,9(12)15)10(14)13-8(3)7-16-6-2/h8H,5-7H2,1-4H3,(H2,12,15)(H,13,14). The van der Waals surface area contributed by atoms with Crippen molar-refractivity contribution >= 4 is 34.9 Å². The minimum atomic E-state index is -0.722. The lowest BCUT2D eigenvalue weighted by atomic mass is 9.86. The molecule has 2 unspecified atom stereocenters. The van der Waals surface area contributed by atoms with Crippen LogP contribution in [0.15, 0.2) is 0 Å². The Morgan fingerprint density at radius 2 is 2.12 bits per heavy atom. The number of nitrogens with two attached hydrogens (primary N) is 1. The van der Waals surface area contributed by atoms with E-state index in [1.165, 1.54) is 0 Å². The Kier molecular flexibility index (Phi) is 6.99. The predicted octanol–water partition coefficient (Wildman–Crippen LogP) is 1.95. The molecule has 0 heterocycles. The van der Waals surface area contributed by atoms with Crippen molar-refractivity contribution < 1.29 is 4.79 Å². The SMILES string of the molecule is CCSCC(C)NC(=O)C(C)(CC)C(N)=S. The predicted molar refractivity (Wildman–Crippen MR) is 75.8 cm³/mol. The molecule has 0 saturated carbocycles. The summed E-state index contributed by atoms with van der Waals surface area (Å²) in [5.41, 5.74) is 4.90. The van der Waals surface area contributed by atoms with Crippen molar-refractivity contribution in [1.82, 2.24) is 5.32 Å². The van der Waals surface area contributed by atoms with Crippen LogP contribution < -0.4 is 11.1 Å². The Balaban J connectivity index is 4.38. The summed E-state index contributed by atoms with van der Waals surface area (Å²) in [6, 6.07) is 0.151. The van der Waals surface area contributed by atoms with Crippen LogP contribution in [-0.4, -0.2) is 28.4 Å². The van der Waals surface area contributed by atoms with E-state index in [1.54, 1.807) is 18.7 Å². The number of hydrogen-bond donors (Lipinski definition) is 2. The molecule has 3 nitrogen and oxygen atoms in total. The van der Waals surface area contributed by atoms with E-state index in [0.29, 0.717) is 6.42 Å². The normalized spacial score (nSPS) is 16.2. The molecule has 0 aliphatic heterocycles. The van der Waals surface area contributed by atoms with E-state index in [2.05, 4.69) is 12.2 Å². The van der Waals surface area contributed by atoms with Crippen LogP contribution in [-0.2, 0) is 4.79 Å². The van der Waals surface area contributed by atoms with E-state index in [4.69, 9.17) is 18.0 Å². The zero-order chi connectivity index (χ0) is 12.8. The molecule has 0 aromatic rings. The molecule has 94 valence electrons. The Bertz CT molecular complexity index is 258. The fraction of sp³-hybridized carbons (Fsp3) is 0.818. The van der Waals surface area contributed by atoms with Gasteiger partial charge in [0.25, 0.3) is 0 Å². The monoisotopic (exact) mass is 262 g/mol. The Labute approximate surface area is 108 Å². The molecule has 0 aliphatic rings. The number of nitrogens with one attached hydrogen (secondary N) is 1. The van der Waals surface area contributed by atoms with Crippen molar-refractivity contribution in [3.05, 3.63) is 0 Å². The van der Waals surface area contributed by atoms with Crippen LogP contribution in [0.4, 0.5) is 0 Å². The van der Waals surface area contributed by atoms with Crippen LogP contribution in [0.25, 0.3) is 0 Å². The second kappa shape index (κ2) is 7.12. The Morgan fingerprint density at radius 1 is 1.56 bits per heavy atom. The van der Waals surface area contributed by atoms with Gasteiger partial charge in [-0.15, -0.1) is 0 Å². The summed E-state index contributed by atoms with van der Waals surface area (Å²) in [6.07, 6.45) is 0.627. The maximum absolute atomic E-state index is 12.0. The highest BCUT2D eigenvalue weighted by Gasteiger charge is 2.34. The smallest absolute Gasteiger partial charge is 0.232 e. The fourth-order valence-electron chi connectivity index (χ4n) is 1.17. The van der Waals surface area contributed by atoms with Crippen molar-refractivity contribution in [2.24, 2.45) is 11.1 Å². The van der Waals surface area contributed by atoms with Gasteiger partial charge in [0.05, 0.1) is 10.4 Å². The van der Waals surface area contributed by atoms with Crippen LogP contribution in [0.3, 0.4) is 0 Å². The number of rotatable bonds is 7. The van der Waals surface area contributed by atoms with Gasteiger partial charge in [-0.05, 0) is 26.0 Å². The van der Waals surface area contributed by atoms with E-state index in [0.717, 1.165) is 11.5 Å². The average molecular weight is 262 g/mol. The van der Waals surface area contributed by atoms with Crippen molar-refractivity contribution in [1.29, 1.82) is 0 Å². The number of amides is 1. The van der Waals surface area contributed by atoms with E-state index in [1.807, 2.05) is 13.8 Å². The summed E-state index contributed by atoms with van der Waals surface area (Å²) < 4.78 is 0. The zero-order valence-electron chi connectivity index (χ0n) is 10.5. The van der Waals surface area contributed by atoms with Crippen LogP contribution >= 0.6 is 24.0 Å². The maximum Gasteiger partial charge on any atom is 0.232 e. The topological polar surface area (TPSA) is 55.1 Å². The fourth-order valence-corrected chi connectivity index (χ4v) is 2.08. The molecule has 0 radical (unpaired) electrons. The Hall–Kier alpha value is -0.290. The molecule has 0 bridgehead atoms. The number of hydrogen-bond acceptors (Lipinski definition) is 3. The van der Waals surface area contributed by atoms with Gasteiger partial charge in [-0.2, -0.15) is 11.8 Å². The molecule has 16 heavy (non-hydrogen) atoms. The number of thioether (sulfide) groups is 1. The largest absolute Gasteiger partial charge is 0.392 e. The lowest BCUT2D eigenvalue weighted by Crippen LogP contribution is -2.49. The molecule has 0 aromatic carbocycles. The van der Waals surface area contributed by atoms with Crippen molar-refractivity contribution in [3.8, 4) is 0 Å². The second-order valence-corrected chi connectivity index (χ2v) is 5.84. The molecular weight excluding hydrogens is 240 g/mol. The summed E-state index contributed by atoms with van der Waals surface area (Å²) in [4.78, 5) is 12.3. The highest BCUT2D eigenvalue weighted by atomic mass is 32.2. The highest BCUT2D eigenvalue weighted by Crippen LogP contribution is 2.22. The first-order chi connectivity index (χ1) is 7.38. The van der Waals surface area contributed by atoms with E-state index in [9.17, 15) is 4.79 Å². The first-order valence-corrected chi connectivity index (χ1v) is 7.13. The van der Waals surface area contributed by atoms with Gasteiger partial charge >= 0.3 is 0 Å². The van der Waals surface area contributed by atoms with E-state index in [-0.39, 0.29) is 16.9 Å². The first kappa shape index (κ1) is 15.7. The van der Waals surface area contributed by atoms with Crippen molar-refractivity contribution in [2.45, 2.75) is 40.2 Å². The molecule has 5 heteroatoms. The zero-order valence-corrected chi connectivity index (χ0v) is 12.1. The molecule has 0 rings (SSSR count). The van der Waals surface area contributed by atoms with Crippen molar-refractivity contribution in [2.75, 3.05) is 11.5 Å². The molecule has 0 aromatic heterocycles. The average Bonchev–Trinajstić information content (AvgIpc) is 2.24. The highest BCUT2D eigenvalue weighted by molar-refractivity contribution is 7.99. The molecular formula is C11H22N2OS2.